The SMILES string of the molecule is Cc1ccc(NC(=O)COC(=O)[C@@H]2CC(=O)N(c3ccc(Oc4ccc(C(C)(C)C)cc4)cc3)C2)cc1[N+](=O)[O-]. The molecule has 0 unspecified atom stereocenters. The molecule has 4 rings (SSSR count). The van der Waals surface area contributed by atoms with Gasteiger partial charge in [-0.25, -0.2) is 0 Å². The van der Waals surface area contributed by atoms with E-state index in [1.807, 2.05) is 24.3 Å². The minimum atomic E-state index is -0.724. The van der Waals surface area contributed by atoms with Gasteiger partial charge in [0.15, 0.2) is 6.61 Å². The molecular formula is C30H31N3O7. The van der Waals surface area contributed by atoms with Gasteiger partial charge in [-0.15, -0.1) is 0 Å². The topological polar surface area (TPSA) is 128 Å². The molecule has 0 spiro atoms. The first-order valence-electron chi connectivity index (χ1n) is 12.8. The number of ether oxygens (including phenoxy) is 2. The van der Waals surface area contributed by atoms with Gasteiger partial charge in [-0.2, -0.15) is 0 Å². The van der Waals surface area contributed by atoms with E-state index in [1.54, 1.807) is 31.2 Å². The first-order valence-corrected chi connectivity index (χ1v) is 12.8. The number of carbonyl (C=O) groups excluding carboxylic acids is 3. The number of nitrogens with one attached hydrogen (secondary N) is 1. The molecule has 40 heavy (non-hydrogen) atoms. The molecule has 208 valence electrons. The van der Waals surface area contributed by atoms with E-state index in [0.29, 0.717) is 22.7 Å². The van der Waals surface area contributed by atoms with Gasteiger partial charge in [0.25, 0.3) is 11.6 Å². The van der Waals surface area contributed by atoms with Crippen molar-refractivity contribution in [3.05, 3.63) is 88.0 Å². The molecule has 1 saturated heterocycles. The van der Waals surface area contributed by atoms with Gasteiger partial charge in [0.05, 0.1) is 10.8 Å². The van der Waals surface area contributed by atoms with Gasteiger partial charge in [0.1, 0.15) is 11.5 Å². The van der Waals surface area contributed by atoms with Crippen molar-refractivity contribution in [1.29, 1.82) is 0 Å². The quantitative estimate of drug-likeness (QED) is 0.224. The zero-order valence-electron chi connectivity index (χ0n) is 22.8. The second-order valence-electron chi connectivity index (χ2n) is 10.7. The molecule has 0 aliphatic carbocycles. The Labute approximate surface area is 232 Å². The Bertz CT molecular complexity index is 1430. The number of hydrogen-bond donors (Lipinski definition) is 1. The second-order valence-corrected chi connectivity index (χ2v) is 10.7. The minimum Gasteiger partial charge on any atom is -0.457 e. The zero-order chi connectivity index (χ0) is 29.0. The molecule has 0 aromatic heterocycles. The van der Waals surface area contributed by atoms with Crippen LogP contribution in [0.1, 0.15) is 38.3 Å². The van der Waals surface area contributed by atoms with Crippen molar-refractivity contribution in [2.45, 2.75) is 39.5 Å². The average Bonchev–Trinajstić information content (AvgIpc) is 3.30. The van der Waals surface area contributed by atoms with Crippen LogP contribution in [0.25, 0.3) is 0 Å². The molecule has 1 atom stereocenters. The van der Waals surface area contributed by atoms with Gasteiger partial charge in [-0.3, -0.25) is 24.5 Å². The lowest BCUT2D eigenvalue weighted by Gasteiger charge is -2.19. The Morgan fingerprint density at radius 2 is 1.65 bits per heavy atom. The minimum absolute atomic E-state index is 0.0387. The molecule has 1 N–H and O–H groups in total. The fourth-order valence-electron chi connectivity index (χ4n) is 4.30. The third kappa shape index (κ3) is 6.82. The van der Waals surface area contributed by atoms with Gasteiger partial charge in [-0.05, 0) is 60.4 Å². The van der Waals surface area contributed by atoms with Crippen LogP contribution < -0.4 is 15.0 Å². The van der Waals surface area contributed by atoms with Crippen LogP contribution in [0.4, 0.5) is 17.1 Å². The predicted molar refractivity (Wildman–Crippen MR) is 150 cm³/mol. The van der Waals surface area contributed by atoms with Gasteiger partial charge >= 0.3 is 5.97 Å². The number of nitro benzene ring substituents is 1. The van der Waals surface area contributed by atoms with Crippen LogP contribution in [-0.2, 0) is 24.5 Å². The number of nitrogens with zero attached hydrogens (tertiary/aromatic N) is 2. The summed E-state index contributed by atoms with van der Waals surface area (Å²) in [7, 11) is 0. The van der Waals surface area contributed by atoms with E-state index in [-0.39, 0.29) is 35.7 Å². The van der Waals surface area contributed by atoms with E-state index >= 15 is 0 Å². The summed E-state index contributed by atoms with van der Waals surface area (Å²) in [5, 5.41) is 13.6. The second kappa shape index (κ2) is 11.6. The van der Waals surface area contributed by atoms with Crippen LogP contribution in [0, 0.1) is 23.0 Å². The highest BCUT2D eigenvalue weighted by Crippen LogP contribution is 2.30. The molecule has 0 saturated carbocycles. The van der Waals surface area contributed by atoms with Crippen LogP contribution in [-0.4, -0.2) is 35.9 Å². The van der Waals surface area contributed by atoms with E-state index < -0.39 is 29.3 Å². The standard InChI is InChI=1S/C30H31N3O7/c1-19-5-8-22(16-26(19)33(37)38)31-27(34)18-39-29(36)20-15-28(35)32(17-20)23-9-13-25(14-10-23)40-24-11-6-21(7-12-24)30(2,3)4/h5-14,16,20H,15,17-18H2,1-4H3,(H,31,34)/t20-/m1/s1. The Balaban J connectivity index is 1.29. The normalized spacial score (nSPS) is 15.1. The first kappa shape index (κ1) is 28.3. The van der Waals surface area contributed by atoms with E-state index in [9.17, 15) is 24.5 Å². The van der Waals surface area contributed by atoms with Crippen molar-refractivity contribution >= 4 is 34.8 Å². The molecule has 2 amide bonds. The van der Waals surface area contributed by atoms with Gasteiger partial charge in [0.2, 0.25) is 5.91 Å². The van der Waals surface area contributed by atoms with E-state index in [0.717, 1.165) is 0 Å². The lowest BCUT2D eigenvalue weighted by atomic mass is 9.87. The van der Waals surface area contributed by atoms with Crippen LogP contribution in [0.3, 0.4) is 0 Å². The molecule has 3 aromatic carbocycles. The number of rotatable bonds is 8. The van der Waals surface area contributed by atoms with Crippen molar-refractivity contribution in [3.63, 3.8) is 0 Å². The summed E-state index contributed by atoms with van der Waals surface area (Å²) in [6.45, 7) is 7.57. The van der Waals surface area contributed by atoms with Crippen molar-refractivity contribution in [2.75, 3.05) is 23.4 Å². The Morgan fingerprint density at radius 1 is 1.02 bits per heavy atom. The van der Waals surface area contributed by atoms with E-state index in [2.05, 4.69) is 26.1 Å². The summed E-state index contributed by atoms with van der Waals surface area (Å²) < 4.78 is 11.0. The lowest BCUT2D eigenvalue weighted by Crippen LogP contribution is -2.28. The maximum Gasteiger partial charge on any atom is 0.311 e. The van der Waals surface area contributed by atoms with Crippen LogP contribution in [0.2, 0.25) is 0 Å². The number of nitro groups is 1. The maximum absolute atomic E-state index is 12.6. The molecule has 3 aromatic rings. The molecule has 1 fully saturated rings. The third-order valence-corrected chi connectivity index (χ3v) is 6.60. The molecule has 1 heterocycles. The van der Waals surface area contributed by atoms with Gasteiger partial charge < -0.3 is 19.7 Å². The number of benzene rings is 3. The highest BCUT2D eigenvalue weighted by atomic mass is 16.6. The molecule has 0 bridgehead atoms. The largest absolute Gasteiger partial charge is 0.457 e. The summed E-state index contributed by atoms with van der Waals surface area (Å²) in [5.41, 5.74) is 2.41. The molecule has 10 heteroatoms. The maximum atomic E-state index is 12.6. The van der Waals surface area contributed by atoms with Crippen LogP contribution in [0.5, 0.6) is 11.5 Å². The van der Waals surface area contributed by atoms with Gasteiger partial charge in [-0.1, -0.05) is 39.0 Å². The highest BCUT2D eigenvalue weighted by Gasteiger charge is 2.36. The molecule has 1 aliphatic heterocycles. The van der Waals surface area contributed by atoms with Crippen molar-refractivity contribution in [3.8, 4) is 11.5 Å². The smallest absolute Gasteiger partial charge is 0.311 e. The number of anilines is 2. The summed E-state index contributed by atoms with van der Waals surface area (Å²) in [6, 6.07) is 19.2. The Kier molecular flexibility index (Phi) is 8.18. The molecule has 0 radical (unpaired) electrons. The van der Waals surface area contributed by atoms with E-state index in [4.69, 9.17) is 9.47 Å². The lowest BCUT2D eigenvalue weighted by molar-refractivity contribution is -0.385. The van der Waals surface area contributed by atoms with Crippen LogP contribution >= 0.6 is 0 Å². The molecular weight excluding hydrogens is 514 g/mol. The monoisotopic (exact) mass is 545 g/mol. The number of amides is 2. The summed E-state index contributed by atoms with van der Waals surface area (Å²) in [4.78, 5) is 49.5. The number of aryl methyl sites for hydroxylation is 1. The number of esters is 1. The third-order valence-electron chi connectivity index (χ3n) is 6.60. The van der Waals surface area contributed by atoms with Crippen molar-refractivity contribution < 1.29 is 28.8 Å². The average molecular weight is 546 g/mol. The summed E-state index contributed by atoms with van der Waals surface area (Å²) in [5.74, 6) is -0.955. The molecule has 10 nitrogen and oxygen atoms in total. The fraction of sp³-hybridized carbons (Fsp3) is 0.300. The van der Waals surface area contributed by atoms with Crippen LogP contribution in [0.15, 0.2) is 66.7 Å². The predicted octanol–water partition coefficient (Wildman–Crippen LogP) is 5.53. The molecule has 1 aliphatic rings. The fourth-order valence-corrected chi connectivity index (χ4v) is 4.30. The summed E-state index contributed by atoms with van der Waals surface area (Å²) in [6.07, 6.45) is -0.0387. The van der Waals surface area contributed by atoms with Gasteiger partial charge in [0, 0.05) is 36.0 Å². The Hall–Kier alpha value is -4.73. The Morgan fingerprint density at radius 3 is 2.25 bits per heavy atom. The highest BCUT2D eigenvalue weighted by molar-refractivity contribution is 6.00. The summed E-state index contributed by atoms with van der Waals surface area (Å²) >= 11 is 0. The van der Waals surface area contributed by atoms with Crippen molar-refractivity contribution in [2.24, 2.45) is 5.92 Å². The number of carbonyl (C=O) groups is 3. The van der Waals surface area contributed by atoms with E-state index in [1.165, 1.54) is 28.7 Å². The zero-order valence-corrected chi connectivity index (χ0v) is 22.8. The number of hydrogen-bond acceptors (Lipinski definition) is 7. The first-order chi connectivity index (χ1) is 18.9. The van der Waals surface area contributed by atoms with Crippen molar-refractivity contribution in [1.82, 2.24) is 0 Å².